The van der Waals surface area contributed by atoms with Crippen molar-refractivity contribution in [3.63, 3.8) is 0 Å². The molecule has 1 aromatic rings. The SMILES string of the molecule is CC(O)Cc1ccc(N2CCN(C)CC2)c(Br)c1. The standard InChI is InChI=1S/C14H21BrN2O/c1-11(18)9-12-3-4-14(13(15)10-12)17-7-5-16(2)6-8-17/h3-4,10-11,18H,5-9H2,1-2H3. The van der Waals surface area contributed by atoms with Crippen molar-refractivity contribution in [3.8, 4) is 0 Å². The molecule has 3 nitrogen and oxygen atoms in total. The third-order valence-electron chi connectivity index (χ3n) is 3.39. The molecule has 1 atom stereocenters. The highest BCUT2D eigenvalue weighted by Gasteiger charge is 2.16. The van der Waals surface area contributed by atoms with Gasteiger partial charge in [-0.2, -0.15) is 0 Å². The molecule has 1 aliphatic heterocycles. The average Bonchev–Trinajstić information content (AvgIpc) is 2.30. The number of likely N-dealkylation sites (N-methyl/N-ethyl adjacent to an activating group) is 1. The Kier molecular flexibility index (Phi) is 4.65. The van der Waals surface area contributed by atoms with Gasteiger partial charge in [-0.25, -0.2) is 0 Å². The van der Waals surface area contributed by atoms with Crippen LogP contribution in [0.4, 0.5) is 5.69 Å². The number of hydrogen-bond donors (Lipinski definition) is 1. The first-order chi connectivity index (χ1) is 8.56. The van der Waals surface area contributed by atoms with Crippen LogP contribution < -0.4 is 4.90 Å². The lowest BCUT2D eigenvalue weighted by Gasteiger charge is -2.34. The zero-order valence-electron chi connectivity index (χ0n) is 11.1. The normalized spacial score (nSPS) is 19.0. The van der Waals surface area contributed by atoms with Gasteiger partial charge in [-0.15, -0.1) is 0 Å². The molecule has 0 saturated carbocycles. The van der Waals surface area contributed by atoms with Gasteiger partial charge in [0.25, 0.3) is 0 Å². The number of aliphatic hydroxyl groups is 1. The topological polar surface area (TPSA) is 26.7 Å². The molecule has 1 aliphatic rings. The summed E-state index contributed by atoms with van der Waals surface area (Å²) in [5, 5.41) is 9.41. The molecule has 2 rings (SSSR count). The molecule has 0 aliphatic carbocycles. The lowest BCUT2D eigenvalue weighted by molar-refractivity contribution is 0.195. The van der Waals surface area contributed by atoms with Gasteiger partial charge in [-0.3, -0.25) is 0 Å². The van der Waals surface area contributed by atoms with Gasteiger partial charge in [-0.05, 0) is 54.0 Å². The second-order valence-corrected chi connectivity index (χ2v) is 5.98. The fraction of sp³-hybridized carbons (Fsp3) is 0.571. The fourth-order valence-electron chi connectivity index (χ4n) is 2.32. The zero-order valence-corrected chi connectivity index (χ0v) is 12.7. The Labute approximate surface area is 118 Å². The third kappa shape index (κ3) is 3.46. The minimum absolute atomic E-state index is 0.286. The Bertz CT molecular complexity index is 401. The van der Waals surface area contributed by atoms with Crippen LogP contribution in [0.25, 0.3) is 0 Å². The Morgan fingerprint density at radius 3 is 2.50 bits per heavy atom. The molecule has 100 valence electrons. The minimum Gasteiger partial charge on any atom is -0.393 e. The van der Waals surface area contributed by atoms with E-state index in [9.17, 15) is 5.11 Å². The van der Waals surface area contributed by atoms with Crippen molar-refractivity contribution >= 4 is 21.6 Å². The van der Waals surface area contributed by atoms with E-state index in [1.54, 1.807) is 0 Å². The molecule has 1 N–H and O–H groups in total. The number of hydrogen-bond acceptors (Lipinski definition) is 3. The Hall–Kier alpha value is -0.580. The predicted molar refractivity (Wildman–Crippen MR) is 79.2 cm³/mol. The minimum atomic E-state index is -0.286. The van der Waals surface area contributed by atoms with Gasteiger partial charge in [0.15, 0.2) is 0 Å². The Balaban J connectivity index is 2.09. The van der Waals surface area contributed by atoms with Gasteiger partial charge < -0.3 is 14.9 Å². The first-order valence-corrected chi connectivity index (χ1v) is 7.25. The summed E-state index contributed by atoms with van der Waals surface area (Å²) in [6.45, 7) is 6.20. The van der Waals surface area contributed by atoms with Gasteiger partial charge in [0.1, 0.15) is 0 Å². The molecule has 1 unspecified atom stereocenters. The van der Waals surface area contributed by atoms with Crippen molar-refractivity contribution in [2.45, 2.75) is 19.4 Å². The number of nitrogens with zero attached hydrogens (tertiary/aromatic N) is 2. The summed E-state index contributed by atoms with van der Waals surface area (Å²) in [5.41, 5.74) is 2.44. The van der Waals surface area contributed by atoms with Crippen molar-refractivity contribution in [2.24, 2.45) is 0 Å². The first-order valence-electron chi connectivity index (χ1n) is 6.46. The zero-order chi connectivity index (χ0) is 13.1. The van der Waals surface area contributed by atoms with E-state index in [4.69, 9.17) is 0 Å². The smallest absolute Gasteiger partial charge is 0.0552 e. The van der Waals surface area contributed by atoms with E-state index in [1.165, 1.54) is 11.3 Å². The maximum Gasteiger partial charge on any atom is 0.0552 e. The summed E-state index contributed by atoms with van der Waals surface area (Å²) in [7, 11) is 2.16. The summed E-state index contributed by atoms with van der Waals surface area (Å²) in [6.07, 6.45) is 0.424. The van der Waals surface area contributed by atoms with Crippen LogP contribution in [0.15, 0.2) is 22.7 Å². The molecule has 1 heterocycles. The molecular formula is C14H21BrN2O. The Morgan fingerprint density at radius 2 is 1.94 bits per heavy atom. The highest BCUT2D eigenvalue weighted by Crippen LogP contribution is 2.28. The van der Waals surface area contributed by atoms with E-state index in [0.29, 0.717) is 6.42 Å². The van der Waals surface area contributed by atoms with Gasteiger partial charge in [0.2, 0.25) is 0 Å². The molecule has 18 heavy (non-hydrogen) atoms. The molecule has 0 aromatic heterocycles. The maximum absolute atomic E-state index is 9.41. The maximum atomic E-state index is 9.41. The van der Waals surface area contributed by atoms with Crippen LogP contribution in [-0.4, -0.2) is 49.3 Å². The monoisotopic (exact) mass is 312 g/mol. The summed E-state index contributed by atoms with van der Waals surface area (Å²) in [6, 6.07) is 6.40. The summed E-state index contributed by atoms with van der Waals surface area (Å²) in [4.78, 5) is 4.77. The number of aliphatic hydroxyl groups excluding tert-OH is 1. The number of halogens is 1. The largest absolute Gasteiger partial charge is 0.393 e. The molecule has 0 spiro atoms. The molecule has 4 heteroatoms. The molecule has 1 saturated heterocycles. The van der Waals surface area contributed by atoms with E-state index in [1.807, 2.05) is 6.92 Å². The third-order valence-corrected chi connectivity index (χ3v) is 4.02. The quantitative estimate of drug-likeness (QED) is 0.926. The van der Waals surface area contributed by atoms with E-state index < -0.39 is 0 Å². The van der Waals surface area contributed by atoms with Gasteiger partial charge >= 0.3 is 0 Å². The highest BCUT2D eigenvalue weighted by atomic mass is 79.9. The fourth-order valence-corrected chi connectivity index (χ4v) is 3.00. The molecular weight excluding hydrogens is 292 g/mol. The first kappa shape index (κ1) is 13.8. The van der Waals surface area contributed by atoms with Crippen LogP contribution in [0.5, 0.6) is 0 Å². The highest BCUT2D eigenvalue weighted by molar-refractivity contribution is 9.10. The van der Waals surface area contributed by atoms with E-state index >= 15 is 0 Å². The van der Waals surface area contributed by atoms with Crippen molar-refractivity contribution < 1.29 is 5.11 Å². The van der Waals surface area contributed by atoms with Crippen LogP contribution in [0.1, 0.15) is 12.5 Å². The molecule has 0 amide bonds. The molecule has 0 bridgehead atoms. The number of anilines is 1. The average molecular weight is 313 g/mol. The molecule has 1 fully saturated rings. The molecule has 1 aromatic carbocycles. The van der Waals surface area contributed by atoms with Crippen molar-refractivity contribution in [1.82, 2.24) is 4.90 Å². The van der Waals surface area contributed by atoms with Crippen LogP contribution in [0.2, 0.25) is 0 Å². The second kappa shape index (κ2) is 6.04. The lowest BCUT2D eigenvalue weighted by Crippen LogP contribution is -2.44. The van der Waals surface area contributed by atoms with Crippen molar-refractivity contribution in [1.29, 1.82) is 0 Å². The van der Waals surface area contributed by atoms with Gasteiger partial charge in [0.05, 0.1) is 11.8 Å². The van der Waals surface area contributed by atoms with Crippen LogP contribution in [-0.2, 0) is 6.42 Å². The second-order valence-electron chi connectivity index (χ2n) is 5.13. The van der Waals surface area contributed by atoms with Crippen molar-refractivity contribution in [3.05, 3.63) is 28.2 Å². The Morgan fingerprint density at radius 1 is 1.28 bits per heavy atom. The lowest BCUT2D eigenvalue weighted by atomic mass is 10.1. The van der Waals surface area contributed by atoms with Crippen molar-refractivity contribution in [2.75, 3.05) is 38.1 Å². The summed E-state index contributed by atoms with van der Waals surface area (Å²) in [5.74, 6) is 0. The number of piperazine rings is 1. The van der Waals surface area contributed by atoms with E-state index in [2.05, 4.69) is 51.0 Å². The molecule has 0 radical (unpaired) electrons. The van der Waals surface area contributed by atoms with Crippen LogP contribution in [0.3, 0.4) is 0 Å². The number of rotatable bonds is 3. The van der Waals surface area contributed by atoms with Crippen LogP contribution >= 0.6 is 15.9 Å². The van der Waals surface area contributed by atoms with E-state index in [-0.39, 0.29) is 6.10 Å². The van der Waals surface area contributed by atoms with E-state index in [0.717, 1.165) is 30.7 Å². The number of benzene rings is 1. The van der Waals surface area contributed by atoms with Crippen LogP contribution in [0, 0.1) is 0 Å². The summed E-state index contributed by atoms with van der Waals surface area (Å²) < 4.78 is 1.13. The van der Waals surface area contributed by atoms with Gasteiger partial charge in [0, 0.05) is 30.7 Å². The predicted octanol–water partition coefficient (Wildman–Crippen LogP) is 2.12. The summed E-state index contributed by atoms with van der Waals surface area (Å²) >= 11 is 3.65. The van der Waals surface area contributed by atoms with Gasteiger partial charge in [-0.1, -0.05) is 6.07 Å².